The highest BCUT2D eigenvalue weighted by atomic mass is 16.5. The molecule has 1 aromatic heterocycles. The minimum absolute atomic E-state index is 0.129. The fourth-order valence-electron chi connectivity index (χ4n) is 2.82. The lowest BCUT2D eigenvalue weighted by atomic mass is 9.95. The number of hydrogen-bond donors (Lipinski definition) is 2. The van der Waals surface area contributed by atoms with Crippen LogP contribution in [-0.2, 0) is 16.0 Å². The summed E-state index contributed by atoms with van der Waals surface area (Å²) in [7, 11) is 0. The highest BCUT2D eigenvalue weighted by Gasteiger charge is 2.35. The fraction of sp³-hybridized carbons (Fsp3) is 0.353. The van der Waals surface area contributed by atoms with Gasteiger partial charge in [-0.1, -0.05) is 19.1 Å². The van der Waals surface area contributed by atoms with Gasteiger partial charge in [0.1, 0.15) is 11.8 Å². The quantitative estimate of drug-likeness (QED) is 0.838. The number of hydrogen-bond acceptors (Lipinski definition) is 6. The van der Waals surface area contributed by atoms with Crippen molar-refractivity contribution < 1.29 is 14.6 Å². The zero-order valence-electron chi connectivity index (χ0n) is 13.9. The largest absolute Gasteiger partial charge is 0.508 e. The number of benzene rings is 1. The standard InChI is InChI=1S/C17H20N4O3/c1-4-13-19-17-18-10(3)14(16(23)24-5-2)15(21(17)20-13)11-7-6-8-12(22)9-11/h6-9,15,22H,4-5H2,1-3H3,(H,18,19,20)/t15-/m0/s1. The lowest BCUT2D eigenvalue weighted by molar-refractivity contribution is -0.139. The second-order valence-corrected chi connectivity index (χ2v) is 5.53. The van der Waals surface area contributed by atoms with Gasteiger partial charge in [-0.15, -0.1) is 0 Å². The minimum Gasteiger partial charge on any atom is -0.508 e. The summed E-state index contributed by atoms with van der Waals surface area (Å²) in [5.74, 6) is 0.977. The number of carbonyl (C=O) groups is 1. The Kier molecular flexibility index (Phi) is 4.24. The van der Waals surface area contributed by atoms with Gasteiger partial charge in [0.15, 0.2) is 5.82 Å². The van der Waals surface area contributed by atoms with Crippen molar-refractivity contribution in [1.29, 1.82) is 0 Å². The predicted molar refractivity (Wildman–Crippen MR) is 88.6 cm³/mol. The Morgan fingerprint density at radius 1 is 1.42 bits per heavy atom. The predicted octanol–water partition coefficient (Wildman–Crippen LogP) is 2.40. The lowest BCUT2D eigenvalue weighted by Gasteiger charge is -2.28. The Morgan fingerprint density at radius 2 is 2.21 bits per heavy atom. The van der Waals surface area contributed by atoms with Crippen LogP contribution in [0.4, 0.5) is 5.95 Å². The van der Waals surface area contributed by atoms with E-state index in [9.17, 15) is 9.90 Å². The van der Waals surface area contributed by atoms with Crippen LogP contribution in [0, 0.1) is 0 Å². The second-order valence-electron chi connectivity index (χ2n) is 5.53. The van der Waals surface area contributed by atoms with Gasteiger partial charge in [0.2, 0.25) is 5.95 Å². The first-order chi connectivity index (χ1) is 11.5. The summed E-state index contributed by atoms with van der Waals surface area (Å²) in [6.45, 7) is 5.83. The van der Waals surface area contributed by atoms with Crippen molar-refractivity contribution in [2.24, 2.45) is 0 Å². The molecule has 0 saturated heterocycles. The number of phenols is 1. The number of nitrogens with one attached hydrogen (secondary N) is 1. The van der Waals surface area contributed by atoms with E-state index < -0.39 is 12.0 Å². The van der Waals surface area contributed by atoms with Crippen molar-refractivity contribution in [1.82, 2.24) is 14.8 Å². The minimum atomic E-state index is -0.500. The van der Waals surface area contributed by atoms with Crippen LogP contribution < -0.4 is 5.32 Å². The molecule has 24 heavy (non-hydrogen) atoms. The maximum absolute atomic E-state index is 12.5. The summed E-state index contributed by atoms with van der Waals surface area (Å²) >= 11 is 0. The highest BCUT2D eigenvalue weighted by Crippen LogP contribution is 2.36. The smallest absolute Gasteiger partial charge is 0.338 e. The molecule has 7 nitrogen and oxygen atoms in total. The van der Waals surface area contributed by atoms with Gasteiger partial charge in [0.25, 0.3) is 0 Å². The summed E-state index contributed by atoms with van der Waals surface area (Å²) in [5.41, 5.74) is 1.87. The molecule has 0 aliphatic carbocycles. The first-order valence-corrected chi connectivity index (χ1v) is 7.94. The molecular weight excluding hydrogens is 308 g/mol. The molecule has 2 aromatic rings. The van der Waals surface area contributed by atoms with Crippen LogP contribution >= 0.6 is 0 Å². The molecule has 1 aromatic carbocycles. The van der Waals surface area contributed by atoms with E-state index in [0.717, 1.165) is 5.56 Å². The van der Waals surface area contributed by atoms with Crippen molar-refractivity contribution >= 4 is 11.9 Å². The van der Waals surface area contributed by atoms with Crippen LogP contribution in [0.3, 0.4) is 0 Å². The zero-order chi connectivity index (χ0) is 17.3. The molecule has 0 saturated carbocycles. The lowest BCUT2D eigenvalue weighted by Crippen LogP contribution is -2.29. The third kappa shape index (κ3) is 2.73. The third-order valence-electron chi connectivity index (χ3n) is 3.89. The first-order valence-electron chi connectivity index (χ1n) is 7.94. The van der Waals surface area contributed by atoms with Crippen molar-refractivity contribution in [3.05, 3.63) is 46.9 Å². The normalized spacial score (nSPS) is 16.5. The van der Waals surface area contributed by atoms with E-state index in [-0.39, 0.29) is 12.4 Å². The Hall–Kier alpha value is -2.83. The number of nitrogens with zero attached hydrogens (tertiary/aromatic N) is 3. The first kappa shape index (κ1) is 16.0. The number of rotatable bonds is 4. The molecule has 2 N–H and O–H groups in total. The van der Waals surface area contributed by atoms with Gasteiger partial charge in [0, 0.05) is 12.1 Å². The molecule has 1 aliphatic rings. The summed E-state index contributed by atoms with van der Waals surface area (Å²) in [6.07, 6.45) is 0.683. The molecule has 0 spiro atoms. The number of phenolic OH excluding ortho intramolecular Hbond substituents is 1. The van der Waals surface area contributed by atoms with E-state index in [1.54, 1.807) is 29.8 Å². The van der Waals surface area contributed by atoms with Gasteiger partial charge in [-0.25, -0.2) is 9.48 Å². The van der Waals surface area contributed by atoms with Crippen LogP contribution in [0.15, 0.2) is 35.5 Å². The molecule has 1 atom stereocenters. The summed E-state index contributed by atoms with van der Waals surface area (Å²) < 4.78 is 6.89. The number of fused-ring (bicyclic) bond motifs is 1. The fourth-order valence-corrected chi connectivity index (χ4v) is 2.82. The Morgan fingerprint density at radius 3 is 2.88 bits per heavy atom. The molecule has 3 rings (SSSR count). The summed E-state index contributed by atoms with van der Waals surface area (Å²) in [4.78, 5) is 17.0. The average Bonchev–Trinajstić information content (AvgIpc) is 2.96. The number of anilines is 1. The van der Waals surface area contributed by atoms with Gasteiger partial charge >= 0.3 is 5.97 Å². The van der Waals surface area contributed by atoms with Gasteiger partial charge in [0.05, 0.1) is 12.2 Å². The number of carbonyl (C=O) groups excluding carboxylic acids is 1. The molecule has 0 amide bonds. The van der Waals surface area contributed by atoms with Gasteiger partial charge in [-0.2, -0.15) is 10.1 Å². The maximum Gasteiger partial charge on any atom is 0.338 e. The second kappa shape index (κ2) is 6.35. The van der Waals surface area contributed by atoms with Crippen LogP contribution in [0.1, 0.15) is 38.2 Å². The number of aromatic nitrogens is 3. The topological polar surface area (TPSA) is 89.3 Å². The summed E-state index contributed by atoms with van der Waals surface area (Å²) in [5, 5.41) is 17.5. The van der Waals surface area contributed by atoms with Gasteiger partial charge in [-0.05, 0) is 31.5 Å². The van der Waals surface area contributed by atoms with Gasteiger partial charge in [-0.3, -0.25) is 0 Å². The average molecular weight is 328 g/mol. The molecule has 7 heteroatoms. The molecule has 0 bridgehead atoms. The monoisotopic (exact) mass is 328 g/mol. The zero-order valence-corrected chi connectivity index (χ0v) is 13.9. The molecule has 1 aliphatic heterocycles. The summed E-state index contributed by atoms with van der Waals surface area (Å²) in [6, 6.07) is 6.30. The third-order valence-corrected chi connectivity index (χ3v) is 3.89. The van der Waals surface area contributed by atoms with Gasteiger partial charge < -0.3 is 15.2 Å². The number of ether oxygens (including phenoxy) is 1. The molecule has 0 fully saturated rings. The van der Waals surface area contributed by atoms with Crippen molar-refractivity contribution in [3.8, 4) is 5.75 Å². The van der Waals surface area contributed by atoms with E-state index in [1.165, 1.54) is 0 Å². The molecular formula is C17H20N4O3. The SMILES string of the molecule is CCOC(=O)C1=C(C)Nc2nc(CC)nn2[C@H]1c1cccc(O)c1. The molecule has 0 unspecified atom stereocenters. The Bertz CT molecular complexity index is 810. The van der Waals surface area contributed by atoms with Crippen LogP contribution in [0.5, 0.6) is 5.75 Å². The van der Waals surface area contributed by atoms with Crippen LogP contribution in [0.25, 0.3) is 0 Å². The van der Waals surface area contributed by atoms with E-state index in [1.807, 2.05) is 19.9 Å². The van der Waals surface area contributed by atoms with E-state index in [0.29, 0.717) is 29.5 Å². The van der Waals surface area contributed by atoms with Crippen LogP contribution in [-0.4, -0.2) is 32.4 Å². The Labute approximate surface area is 140 Å². The van der Waals surface area contributed by atoms with Crippen LogP contribution in [0.2, 0.25) is 0 Å². The van der Waals surface area contributed by atoms with Crippen molar-refractivity contribution in [2.45, 2.75) is 33.2 Å². The number of aryl methyl sites for hydroxylation is 1. The van der Waals surface area contributed by atoms with E-state index in [2.05, 4.69) is 15.4 Å². The van der Waals surface area contributed by atoms with Crippen molar-refractivity contribution in [3.63, 3.8) is 0 Å². The molecule has 126 valence electrons. The van der Waals surface area contributed by atoms with E-state index in [4.69, 9.17) is 4.74 Å². The molecule has 2 heterocycles. The Balaban J connectivity index is 2.17. The van der Waals surface area contributed by atoms with E-state index >= 15 is 0 Å². The number of aromatic hydroxyl groups is 1. The number of esters is 1. The molecule has 0 radical (unpaired) electrons. The maximum atomic E-state index is 12.5. The van der Waals surface area contributed by atoms with Crippen molar-refractivity contribution in [2.75, 3.05) is 11.9 Å². The highest BCUT2D eigenvalue weighted by molar-refractivity contribution is 5.92. The number of allylic oxidation sites excluding steroid dienone is 1.